The van der Waals surface area contributed by atoms with Crippen LogP contribution in [0.4, 0.5) is 0 Å². The molecule has 26 heavy (non-hydrogen) atoms. The lowest BCUT2D eigenvalue weighted by atomic mass is 9.85. The van der Waals surface area contributed by atoms with Crippen molar-refractivity contribution in [1.29, 1.82) is 0 Å². The molecule has 0 aromatic carbocycles. The Hall–Kier alpha value is -0.870. The predicted octanol–water partition coefficient (Wildman–Crippen LogP) is 5.53. The minimum atomic E-state index is -0.755. The molecule has 0 amide bonds. The van der Waals surface area contributed by atoms with E-state index < -0.39 is 6.29 Å². The zero-order chi connectivity index (χ0) is 19.0. The summed E-state index contributed by atoms with van der Waals surface area (Å²) in [6, 6.07) is 0. The quantitative estimate of drug-likeness (QED) is 0.221. The van der Waals surface area contributed by atoms with Gasteiger partial charge >= 0.3 is 0 Å². The molecule has 1 N–H and O–H groups in total. The number of aliphatic hydroxyl groups is 1. The molecule has 0 heterocycles. The van der Waals surface area contributed by atoms with Gasteiger partial charge in [-0.3, -0.25) is 0 Å². The molecular formula is C22H40O4. The second-order valence-electron chi connectivity index (χ2n) is 7.76. The van der Waals surface area contributed by atoms with Gasteiger partial charge in [-0.2, -0.15) is 0 Å². The summed E-state index contributed by atoms with van der Waals surface area (Å²) in [7, 11) is 0. The van der Waals surface area contributed by atoms with E-state index in [1.807, 2.05) is 0 Å². The first-order valence-electron chi connectivity index (χ1n) is 10.7. The monoisotopic (exact) mass is 368 g/mol. The van der Waals surface area contributed by atoms with Crippen LogP contribution in [0.1, 0.15) is 96.8 Å². The van der Waals surface area contributed by atoms with Crippen LogP contribution < -0.4 is 0 Å². The zero-order valence-electron chi connectivity index (χ0n) is 16.8. The summed E-state index contributed by atoms with van der Waals surface area (Å²) in [5.41, 5.74) is 0. The van der Waals surface area contributed by atoms with Crippen molar-refractivity contribution in [1.82, 2.24) is 0 Å². The van der Waals surface area contributed by atoms with E-state index in [0.717, 1.165) is 30.9 Å². The summed E-state index contributed by atoms with van der Waals surface area (Å²) in [4.78, 5) is 10.8. The summed E-state index contributed by atoms with van der Waals surface area (Å²) in [5, 5.41) is 9.64. The van der Waals surface area contributed by atoms with Crippen LogP contribution in [0.3, 0.4) is 0 Å². The van der Waals surface area contributed by atoms with Gasteiger partial charge in [0.1, 0.15) is 5.78 Å². The van der Waals surface area contributed by atoms with Gasteiger partial charge in [0.2, 0.25) is 0 Å². The molecule has 4 heteroatoms. The third-order valence-corrected chi connectivity index (χ3v) is 5.18. The van der Waals surface area contributed by atoms with Crippen molar-refractivity contribution >= 4 is 5.78 Å². The van der Waals surface area contributed by atoms with E-state index in [1.165, 1.54) is 51.4 Å². The Balaban J connectivity index is 1.84. The van der Waals surface area contributed by atoms with Crippen LogP contribution >= 0.6 is 0 Å². The van der Waals surface area contributed by atoms with Crippen molar-refractivity contribution in [2.24, 2.45) is 5.92 Å². The number of unbranched alkanes of at least 4 members (excludes halogenated alkanes) is 2. The molecule has 0 bridgehead atoms. The minimum absolute atomic E-state index is 0.156. The fourth-order valence-electron chi connectivity index (χ4n) is 3.55. The SMILES string of the molecule is C=C(CCCCC1CCCCC1)OCCCCOC(O)CCCC(C)=O. The van der Waals surface area contributed by atoms with E-state index in [2.05, 4.69) is 6.58 Å². The average molecular weight is 369 g/mol. The van der Waals surface area contributed by atoms with Crippen molar-refractivity contribution in [2.45, 2.75) is 103 Å². The number of Topliss-reactive ketones (excluding diaryl/α,β-unsaturated/α-hetero) is 1. The number of carbonyl (C=O) groups excluding carboxylic acids is 1. The number of hydrogen-bond acceptors (Lipinski definition) is 4. The summed E-state index contributed by atoms with van der Waals surface area (Å²) < 4.78 is 11.0. The van der Waals surface area contributed by atoms with Crippen LogP contribution in [-0.2, 0) is 14.3 Å². The molecule has 0 aromatic rings. The highest BCUT2D eigenvalue weighted by atomic mass is 16.6. The first-order chi connectivity index (χ1) is 12.6. The Morgan fingerprint density at radius 2 is 1.77 bits per heavy atom. The summed E-state index contributed by atoms with van der Waals surface area (Å²) in [5.74, 6) is 2.03. The molecule has 1 aliphatic carbocycles. The van der Waals surface area contributed by atoms with Crippen LogP contribution in [0.25, 0.3) is 0 Å². The van der Waals surface area contributed by atoms with Crippen LogP contribution in [0, 0.1) is 5.92 Å². The molecule has 1 rings (SSSR count). The standard InChI is InChI=1S/C22H40O4/c1-19(23)11-10-16-22(24)26-18-9-8-17-25-20(2)12-6-7-15-21-13-4-3-5-14-21/h21-22,24H,2-18H2,1H3. The lowest BCUT2D eigenvalue weighted by Gasteiger charge is -2.21. The molecule has 0 radical (unpaired) electrons. The second-order valence-corrected chi connectivity index (χ2v) is 7.76. The average Bonchev–Trinajstić information content (AvgIpc) is 2.62. The van der Waals surface area contributed by atoms with Gasteiger partial charge < -0.3 is 19.4 Å². The van der Waals surface area contributed by atoms with E-state index >= 15 is 0 Å². The maximum Gasteiger partial charge on any atom is 0.154 e. The second kappa shape index (κ2) is 15.2. The van der Waals surface area contributed by atoms with Crippen LogP contribution in [-0.4, -0.2) is 30.4 Å². The lowest BCUT2D eigenvalue weighted by molar-refractivity contribution is -0.119. The van der Waals surface area contributed by atoms with Crippen molar-refractivity contribution in [3.8, 4) is 0 Å². The first kappa shape index (κ1) is 23.2. The van der Waals surface area contributed by atoms with Gasteiger partial charge in [-0.1, -0.05) is 51.5 Å². The maximum atomic E-state index is 10.8. The normalized spacial score (nSPS) is 16.4. The van der Waals surface area contributed by atoms with Gasteiger partial charge in [-0.25, -0.2) is 0 Å². The van der Waals surface area contributed by atoms with E-state index in [-0.39, 0.29) is 5.78 Å². The number of rotatable bonds is 16. The molecule has 0 saturated heterocycles. The van der Waals surface area contributed by atoms with Gasteiger partial charge in [0, 0.05) is 19.4 Å². The molecule has 4 nitrogen and oxygen atoms in total. The van der Waals surface area contributed by atoms with Crippen LogP contribution in [0.5, 0.6) is 0 Å². The fraction of sp³-hybridized carbons (Fsp3) is 0.864. The highest BCUT2D eigenvalue weighted by Gasteiger charge is 2.12. The number of hydrogen-bond donors (Lipinski definition) is 1. The van der Waals surface area contributed by atoms with E-state index in [4.69, 9.17) is 9.47 Å². The third kappa shape index (κ3) is 13.3. The van der Waals surface area contributed by atoms with Gasteiger partial charge in [0.15, 0.2) is 6.29 Å². The Labute approximate surface area is 160 Å². The van der Waals surface area contributed by atoms with E-state index in [9.17, 15) is 9.90 Å². The molecular weight excluding hydrogens is 328 g/mol. The smallest absolute Gasteiger partial charge is 0.154 e. The summed E-state index contributed by atoms with van der Waals surface area (Å²) in [6.45, 7) is 6.78. The predicted molar refractivity (Wildman–Crippen MR) is 106 cm³/mol. The topological polar surface area (TPSA) is 55.8 Å². The van der Waals surface area contributed by atoms with Crippen molar-refractivity contribution in [3.63, 3.8) is 0 Å². The molecule has 1 atom stereocenters. The highest BCUT2D eigenvalue weighted by Crippen LogP contribution is 2.28. The Kier molecular flexibility index (Phi) is 13.6. The van der Waals surface area contributed by atoms with Crippen molar-refractivity contribution < 1.29 is 19.4 Å². The molecule has 152 valence electrons. The number of carbonyl (C=O) groups is 1. The molecule has 1 unspecified atom stereocenters. The third-order valence-electron chi connectivity index (χ3n) is 5.18. The van der Waals surface area contributed by atoms with Gasteiger partial charge in [-0.05, 0) is 44.9 Å². The number of ether oxygens (including phenoxy) is 2. The lowest BCUT2D eigenvalue weighted by Crippen LogP contribution is -2.13. The van der Waals surface area contributed by atoms with E-state index in [1.54, 1.807) is 6.92 Å². The molecule has 0 aromatic heterocycles. The number of allylic oxidation sites excluding steroid dienone is 1. The number of aliphatic hydroxyl groups excluding tert-OH is 1. The van der Waals surface area contributed by atoms with Crippen LogP contribution in [0.15, 0.2) is 12.3 Å². The molecule has 1 saturated carbocycles. The molecule has 0 aliphatic heterocycles. The molecule has 0 spiro atoms. The molecule has 1 aliphatic rings. The largest absolute Gasteiger partial charge is 0.499 e. The number of ketones is 1. The van der Waals surface area contributed by atoms with Gasteiger partial charge in [0.25, 0.3) is 0 Å². The summed E-state index contributed by atoms with van der Waals surface area (Å²) in [6.07, 6.45) is 14.7. The van der Waals surface area contributed by atoms with E-state index in [0.29, 0.717) is 32.5 Å². The fourth-order valence-corrected chi connectivity index (χ4v) is 3.55. The Bertz CT molecular complexity index is 374. The maximum absolute atomic E-state index is 10.8. The zero-order valence-corrected chi connectivity index (χ0v) is 16.8. The van der Waals surface area contributed by atoms with Crippen molar-refractivity contribution in [3.05, 3.63) is 12.3 Å². The minimum Gasteiger partial charge on any atom is -0.499 e. The van der Waals surface area contributed by atoms with Crippen LogP contribution in [0.2, 0.25) is 0 Å². The van der Waals surface area contributed by atoms with Gasteiger partial charge in [-0.15, -0.1) is 0 Å². The van der Waals surface area contributed by atoms with Crippen molar-refractivity contribution in [2.75, 3.05) is 13.2 Å². The first-order valence-corrected chi connectivity index (χ1v) is 10.7. The Morgan fingerprint density at radius 3 is 2.50 bits per heavy atom. The highest BCUT2D eigenvalue weighted by molar-refractivity contribution is 5.75. The Morgan fingerprint density at radius 1 is 1.04 bits per heavy atom. The van der Waals surface area contributed by atoms with Gasteiger partial charge in [0.05, 0.1) is 12.4 Å². The molecule has 1 fully saturated rings. The summed E-state index contributed by atoms with van der Waals surface area (Å²) >= 11 is 0.